The molecule has 9 nitrogen and oxygen atoms in total. The molecular formula is C13H21N3O6S3. The highest BCUT2D eigenvalue weighted by molar-refractivity contribution is 7.91. The van der Waals surface area contributed by atoms with Crippen molar-refractivity contribution in [1.82, 2.24) is 4.31 Å². The molecule has 1 aliphatic rings. The number of hydrogen-bond acceptors (Lipinski definition) is 7. The molecule has 142 valence electrons. The van der Waals surface area contributed by atoms with Crippen molar-refractivity contribution < 1.29 is 25.3 Å². The SMILES string of the molecule is CCS(=O)(=O)N1CCN(c2ccc(S(N)(=O)=O)cc2S(C)(=O)=O)CC1. The molecule has 1 aromatic rings. The molecule has 1 aromatic carbocycles. The van der Waals surface area contributed by atoms with E-state index in [0.29, 0.717) is 18.8 Å². The highest BCUT2D eigenvalue weighted by Crippen LogP contribution is 2.29. The van der Waals surface area contributed by atoms with Crippen molar-refractivity contribution in [3.63, 3.8) is 0 Å². The Morgan fingerprint density at radius 1 is 1.00 bits per heavy atom. The minimum absolute atomic E-state index is 0.00461. The van der Waals surface area contributed by atoms with Gasteiger partial charge in [-0.05, 0) is 25.1 Å². The van der Waals surface area contributed by atoms with Crippen LogP contribution < -0.4 is 10.0 Å². The molecule has 0 amide bonds. The van der Waals surface area contributed by atoms with Crippen LogP contribution in [0.3, 0.4) is 0 Å². The zero-order valence-corrected chi connectivity index (χ0v) is 16.4. The summed E-state index contributed by atoms with van der Waals surface area (Å²) in [5.74, 6) is 0.00461. The van der Waals surface area contributed by atoms with Gasteiger partial charge >= 0.3 is 0 Å². The van der Waals surface area contributed by atoms with E-state index >= 15 is 0 Å². The second-order valence-corrected chi connectivity index (χ2v) is 11.5. The maximum Gasteiger partial charge on any atom is 0.238 e. The lowest BCUT2D eigenvalue weighted by atomic mass is 10.2. The van der Waals surface area contributed by atoms with E-state index in [2.05, 4.69) is 0 Å². The van der Waals surface area contributed by atoms with E-state index in [0.717, 1.165) is 12.3 Å². The van der Waals surface area contributed by atoms with Gasteiger partial charge < -0.3 is 4.90 Å². The van der Waals surface area contributed by atoms with Gasteiger partial charge in [-0.15, -0.1) is 0 Å². The summed E-state index contributed by atoms with van der Waals surface area (Å²) in [6, 6.07) is 3.67. The van der Waals surface area contributed by atoms with Gasteiger partial charge in [0, 0.05) is 32.4 Å². The topological polar surface area (TPSA) is 135 Å². The third kappa shape index (κ3) is 4.50. The van der Waals surface area contributed by atoms with Crippen molar-refractivity contribution in [3.05, 3.63) is 18.2 Å². The van der Waals surface area contributed by atoms with E-state index in [1.165, 1.54) is 16.4 Å². The third-order valence-corrected chi connectivity index (χ3v) is 7.92. The van der Waals surface area contributed by atoms with E-state index in [1.807, 2.05) is 0 Å². The Balaban J connectivity index is 2.38. The van der Waals surface area contributed by atoms with Gasteiger partial charge in [0.05, 0.1) is 21.2 Å². The summed E-state index contributed by atoms with van der Waals surface area (Å²) in [5.41, 5.74) is 0.337. The van der Waals surface area contributed by atoms with Crippen molar-refractivity contribution in [1.29, 1.82) is 0 Å². The van der Waals surface area contributed by atoms with Crippen molar-refractivity contribution in [2.45, 2.75) is 16.7 Å². The minimum Gasteiger partial charge on any atom is -0.368 e. The van der Waals surface area contributed by atoms with Gasteiger partial charge in [-0.2, -0.15) is 4.31 Å². The van der Waals surface area contributed by atoms with Crippen molar-refractivity contribution in [2.75, 3.05) is 43.1 Å². The first-order valence-corrected chi connectivity index (χ1v) is 12.5. The molecule has 0 aromatic heterocycles. The Hall–Kier alpha value is -1.21. The fourth-order valence-corrected chi connectivity index (χ4v) is 5.24. The lowest BCUT2D eigenvalue weighted by Crippen LogP contribution is -2.49. The van der Waals surface area contributed by atoms with Gasteiger partial charge in [-0.1, -0.05) is 0 Å². The molecule has 0 spiro atoms. The van der Waals surface area contributed by atoms with E-state index < -0.39 is 29.9 Å². The molecule has 12 heteroatoms. The quantitative estimate of drug-likeness (QED) is 0.671. The van der Waals surface area contributed by atoms with Crippen LogP contribution in [0.4, 0.5) is 5.69 Å². The molecule has 1 aliphatic heterocycles. The van der Waals surface area contributed by atoms with Crippen LogP contribution in [-0.2, 0) is 29.9 Å². The number of primary sulfonamides is 1. The Morgan fingerprint density at radius 3 is 2.00 bits per heavy atom. The molecule has 2 N–H and O–H groups in total. The summed E-state index contributed by atoms with van der Waals surface area (Å²) in [7, 11) is -11.0. The number of sulfonamides is 2. The van der Waals surface area contributed by atoms with Crippen LogP contribution in [0.15, 0.2) is 28.0 Å². The van der Waals surface area contributed by atoms with Gasteiger partial charge in [0.2, 0.25) is 20.0 Å². The summed E-state index contributed by atoms with van der Waals surface area (Å²) in [4.78, 5) is 1.29. The molecule has 0 saturated carbocycles. The molecule has 1 saturated heterocycles. The maximum absolute atomic E-state index is 12.1. The first-order chi connectivity index (χ1) is 11.4. The van der Waals surface area contributed by atoms with E-state index in [4.69, 9.17) is 5.14 Å². The summed E-state index contributed by atoms with van der Waals surface area (Å²) < 4.78 is 72.3. The number of sulfone groups is 1. The molecule has 0 radical (unpaired) electrons. The number of benzene rings is 1. The summed E-state index contributed by atoms with van der Waals surface area (Å²) in [6.45, 7) is 2.63. The van der Waals surface area contributed by atoms with E-state index in [-0.39, 0.29) is 28.6 Å². The predicted octanol–water partition coefficient (Wildman–Crippen LogP) is -0.791. The number of anilines is 1. The van der Waals surface area contributed by atoms with Crippen molar-refractivity contribution in [2.24, 2.45) is 5.14 Å². The lowest BCUT2D eigenvalue weighted by molar-refractivity contribution is 0.385. The number of nitrogens with two attached hydrogens (primary N) is 1. The van der Waals surface area contributed by atoms with E-state index in [1.54, 1.807) is 11.8 Å². The first kappa shape index (κ1) is 20.1. The molecule has 0 aliphatic carbocycles. The lowest BCUT2D eigenvalue weighted by Gasteiger charge is -2.36. The zero-order chi connectivity index (χ0) is 19.0. The monoisotopic (exact) mass is 411 g/mol. The van der Waals surface area contributed by atoms with Crippen LogP contribution in [0.2, 0.25) is 0 Å². The van der Waals surface area contributed by atoms with Crippen LogP contribution in [0, 0.1) is 0 Å². The largest absolute Gasteiger partial charge is 0.368 e. The number of piperazine rings is 1. The fraction of sp³-hybridized carbons (Fsp3) is 0.538. The van der Waals surface area contributed by atoms with Crippen LogP contribution in [0.5, 0.6) is 0 Å². The third-order valence-electron chi connectivity index (χ3n) is 4.00. The van der Waals surface area contributed by atoms with Gasteiger partial charge in [0.25, 0.3) is 0 Å². The Morgan fingerprint density at radius 2 is 1.56 bits per heavy atom. The smallest absolute Gasteiger partial charge is 0.238 e. The van der Waals surface area contributed by atoms with Crippen LogP contribution >= 0.6 is 0 Å². The van der Waals surface area contributed by atoms with Crippen LogP contribution in [0.1, 0.15) is 6.92 Å². The van der Waals surface area contributed by atoms with Crippen molar-refractivity contribution in [3.8, 4) is 0 Å². The van der Waals surface area contributed by atoms with Gasteiger partial charge in [-0.25, -0.2) is 30.4 Å². The molecule has 2 rings (SSSR count). The number of nitrogens with zero attached hydrogens (tertiary/aromatic N) is 2. The van der Waals surface area contributed by atoms with Gasteiger partial charge in [0.1, 0.15) is 0 Å². The second kappa shape index (κ2) is 6.83. The molecular weight excluding hydrogens is 390 g/mol. The van der Waals surface area contributed by atoms with Crippen LogP contribution in [-0.4, -0.2) is 67.7 Å². The molecule has 1 heterocycles. The molecule has 0 unspecified atom stereocenters. The highest BCUT2D eigenvalue weighted by atomic mass is 32.2. The second-order valence-electron chi connectivity index (χ2n) is 5.73. The molecule has 0 atom stereocenters. The number of hydrogen-bond donors (Lipinski definition) is 1. The standard InChI is InChI=1S/C13H21N3O6S3/c1-3-24(19,20)16-8-6-15(7-9-16)12-5-4-11(25(14,21)22)10-13(12)23(2,17)18/h4-5,10H,3,6-9H2,1-2H3,(H2,14,21,22). The summed E-state index contributed by atoms with van der Waals surface area (Å²) >= 11 is 0. The summed E-state index contributed by atoms with van der Waals surface area (Å²) in [6.07, 6.45) is 0.983. The Bertz CT molecular complexity index is 962. The molecule has 0 bridgehead atoms. The Labute approximate surface area is 148 Å². The molecule has 25 heavy (non-hydrogen) atoms. The molecule has 1 fully saturated rings. The average Bonchev–Trinajstić information content (AvgIpc) is 2.53. The normalized spacial score (nSPS) is 17.6. The Kier molecular flexibility index (Phi) is 5.50. The first-order valence-electron chi connectivity index (χ1n) is 7.46. The maximum atomic E-state index is 12.1. The van der Waals surface area contributed by atoms with Crippen molar-refractivity contribution >= 4 is 35.6 Å². The highest BCUT2D eigenvalue weighted by Gasteiger charge is 2.28. The average molecular weight is 412 g/mol. The summed E-state index contributed by atoms with van der Waals surface area (Å²) in [5, 5.41) is 5.07. The van der Waals surface area contributed by atoms with E-state index in [9.17, 15) is 25.3 Å². The number of rotatable bonds is 5. The zero-order valence-electron chi connectivity index (χ0n) is 13.9. The van der Waals surface area contributed by atoms with Crippen LogP contribution in [0.25, 0.3) is 0 Å². The fourth-order valence-electron chi connectivity index (χ4n) is 2.62. The van der Waals surface area contributed by atoms with Gasteiger partial charge in [-0.3, -0.25) is 0 Å². The predicted molar refractivity (Wildman–Crippen MR) is 94.2 cm³/mol. The minimum atomic E-state index is -4.04. The van der Waals surface area contributed by atoms with Gasteiger partial charge in [0.15, 0.2) is 9.84 Å².